The van der Waals surface area contributed by atoms with Gasteiger partial charge >= 0.3 is 0 Å². The molecule has 26 valence electrons. The summed E-state index contributed by atoms with van der Waals surface area (Å²) in [6.45, 7) is 0. The fourth-order valence-corrected chi connectivity index (χ4v) is 0. The Bertz CT molecular complexity index is 79.4. The van der Waals surface area contributed by atoms with Gasteiger partial charge in [0.15, 0.2) is 0 Å². The average Bonchev–Trinajstić information content (AvgIpc) is 1.38. The van der Waals surface area contributed by atoms with Crippen molar-refractivity contribution in [1.29, 1.82) is 0 Å². The Morgan fingerprint density at radius 1 is 2.00 bits per heavy atom. The van der Waals surface area contributed by atoms with Gasteiger partial charge in [0.1, 0.15) is 0 Å². The minimum atomic E-state index is -0.718. The lowest BCUT2D eigenvalue weighted by molar-refractivity contribution is -0.112. The van der Waals surface area contributed by atoms with Crippen molar-refractivity contribution in [1.82, 2.24) is 0 Å². The van der Waals surface area contributed by atoms with Crippen LogP contribution >= 0.6 is 0 Å². The smallest absolute Gasteiger partial charge is 0.293 e. The van der Waals surface area contributed by atoms with E-state index in [9.17, 15) is 4.79 Å². The maximum absolute atomic E-state index is 9.35. The molecule has 2 nitrogen and oxygen atoms in total. The van der Waals surface area contributed by atoms with Crippen LogP contribution in [-0.2, 0) is 4.79 Å². The summed E-state index contributed by atoms with van der Waals surface area (Å²) in [5.74, 6) is 0.949. The second kappa shape index (κ2) is 1.36. The van der Waals surface area contributed by atoms with Gasteiger partial charge in [0.2, 0.25) is 0 Å². The van der Waals surface area contributed by atoms with Gasteiger partial charge in [-0.15, -0.1) is 6.42 Å². The highest BCUT2D eigenvalue weighted by atomic mass is 16.2. The highest BCUT2D eigenvalue weighted by Gasteiger charge is 1.70. The van der Waals surface area contributed by atoms with Gasteiger partial charge < -0.3 is 5.73 Å². The third-order valence-corrected chi connectivity index (χ3v) is 0.142. The molecule has 5 heavy (non-hydrogen) atoms. The monoisotopic (exact) mass is 72.0 g/mol. The van der Waals surface area contributed by atoms with Gasteiger partial charge in [0.05, 0.1) is 0 Å². The zero-order chi connectivity index (χ0) is 4.28. The van der Waals surface area contributed by atoms with E-state index in [0.29, 0.717) is 0 Å². The summed E-state index contributed by atoms with van der Waals surface area (Å²) in [5.41, 5.74) is 4.42. The minimum Gasteiger partial charge on any atom is -0.359 e. The quantitative estimate of drug-likeness (QED) is 0.292. The first-order chi connectivity index (χ1) is 2.27. The summed E-state index contributed by atoms with van der Waals surface area (Å²) < 4.78 is 0. The second-order valence-electron chi connectivity index (χ2n) is 0.509. The Morgan fingerprint density at radius 2 is 2.20 bits per heavy atom. The van der Waals surface area contributed by atoms with Crippen LogP contribution in [0, 0.1) is 12.3 Å². The summed E-state index contributed by atoms with van der Waals surface area (Å²) in [7, 11) is 0. The molecule has 1 amide bonds. The van der Waals surface area contributed by atoms with Crippen LogP contribution < -0.4 is 5.73 Å². The lowest BCUT2D eigenvalue weighted by Gasteiger charge is -1.61. The van der Waals surface area contributed by atoms with Gasteiger partial charge in [0.25, 0.3) is 5.91 Å². The molecular weight excluding hydrogens is 69.0 g/mol. The normalized spacial score (nSPS) is 5.40. The molecule has 0 heterocycles. The number of rotatable bonds is 0. The fourth-order valence-electron chi connectivity index (χ4n) is 0. The molecule has 2 heteroatoms. The first-order valence-corrected chi connectivity index (χ1v) is 1.03. The Kier molecular flexibility index (Phi) is 1.10. The van der Waals surface area contributed by atoms with E-state index in [2.05, 4.69) is 12.2 Å². The number of primary amides is 1. The number of terminal acetylenes is 1. The lowest BCUT2D eigenvalue weighted by atomic mass is 11.6. The number of hydrogen-bond acceptors (Lipinski definition) is 1. The molecule has 0 aromatic carbocycles. The number of nitrogens with two attached hydrogens (primary N) is 1. The zero-order valence-electron chi connectivity index (χ0n) is 2.56. The van der Waals surface area contributed by atoms with Crippen LogP contribution in [0.4, 0.5) is 0 Å². The standard InChI is InChI=1S/C3H3NO/c1-2-3(4)5/h1H,(H2,4,5)/i1+1,2+1,3+1. The van der Waals surface area contributed by atoms with Gasteiger partial charge in [-0.3, -0.25) is 4.79 Å². The number of hydrogen-bond donors (Lipinski definition) is 1. The molecule has 0 atom stereocenters. The maximum Gasteiger partial charge on any atom is 0.293 e. The molecule has 0 saturated heterocycles. The molecule has 2 N–H and O–H groups in total. The highest BCUT2D eigenvalue weighted by molar-refractivity contribution is 5.91. The summed E-state index contributed by atoms with van der Waals surface area (Å²) in [6.07, 6.45) is 4.45. The van der Waals surface area contributed by atoms with E-state index in [1.165, 1.54) is 0 Å². The van der Waals surface area contributed by atoms with Crippen molar-refractivity contribution >= 4 is 5.91 Å². The van der Waals surface area contributed by atoms with Crippen molar-refractivity contribution in [3.8, 4) is 12.3 Å². The predicted octanol–water partition coefficient (Wildman–Crippen LogP) is -0.895. The second-order valence-corrected chi connectivity index (χ2v) is 0.509. The van der Waals surface area contributed by atoms with Crippen molar-refractivity contribution in [2.24, 2.45) is 5.73 Å². The van der Waals surface area contributed by atoms with E-state index in [4.69, 9.17) is 0 Å². The predicted molar refractivity (Wildman–Crippen MR) is 18.0 cm³/mol. The maximum atomic E-state index is 9.35. The first kappa shape index (κ1) is 4.03. The Balaban J connectivity index is 3.35. The van der Waals surface area contributed by atoms with Gasteiger partial charge in [-0.2, -0.15) is 0 Å². The lowest BCUT2D eigenvalue weighted by Crippen LogP contribution is -2.05. The van der Waals surface area contributed by atoms with Crippen LogP contribution in [-0.4, -0.2) is 5.91 Å². The molecule has 0 aliphatic heterocycles. The number of carbonyl (C=O) groups excluding carboxylic acids is 1. The molecule has 0 fully saturated rings. The number of carbonyl (C=O) groups is 1. The molecular formula is C3H3NO. The van der Waals surface area contributed by atoms with Crippen molar-refractivity contribution in [3.05, 3.63) is 0 Å². The molecule has 0 spiro atoms. The van der Waals surface area contributed by atoms with E-state index in [1.807, 2.05) is 0 Å². The highest BCUT2D eigenvalue weighted by Crippen LogP contribution is 1.37. The summed E-state index contributed by atoms with van der Waals surface area (Å²) in [5, 5.41) is 0. The Morgan fingerprint density at radius 3 is 2.20 bits per heavy atom. The van der Waals surface area contributed by atoms with E-state index in [-0.39, 0.29) is 0 Å². The van der Waals surface area contributed by atoms with Crippen LogP contribution in [0.3, 0.4) is 0 Å². The van der Waals surface area contributed by atoms with Crippen molar-refractivity contribution < 1.29 is 4.79 Å². The van der Waals surface area contributed by atoms with E-state index in [1.54, 1.807) is 5.92 Å². The molecule has 0 aliphatic carbocycles. The van der Waals surface area contributed by atoms with Gasteiger partial charge in [0, 0.05) is 0 Å². The molecule has 0 radical (unpaired) electrons. The largest absolute Gasteiger partial charge is 0.359 e. The Hall–Kier alpha value is -0.970. The molecule has 0 aromatic heterocycles. The Labute approximate surface area is 30.0 Å². The molecule has 0 bridgehead atoms. The topological polar surface area (TPSA) is 43.1 Å². The zero-order valence-corrected chi connectivity index (χ0v) is 2.56. The summed E-state index contributed by atoms with van der Waals surface area (Å²) >= 11 is 0. The van der Waals surface area contributed by atoms with Crippen LogP contribution in [0.15, 0.2) is 0 Å². The summed E-state index contributed by atoms with van der Waals surface area (Å²) in [4.78, 5) is 9.35. The van der Waals surface area contributed by atoms with Crippen LogP contribution in [0.25, 0.3) is 0 Å². The average molecular weight is 72.0 g/mol. The molecule has 0 unspecified atom stereocenters. The van der Waals surface area contributed by atoms with Crippen molar-refractivity contribution in [2.75, 3.05) is 0 Å². The molecule has 0 saturated carbocycles. The third-order valence-electron chi connectivity index (χ3n) is 0.142. The van der Waals surface area contributed by atoms with Gasteiger partial charge in [-0.25, -0.2) is 0 Å². The van der Waals surface area contributed by atoms with E-state index >= 15 is 0 Å². The minimum absolute atomic E-state index is 0.718. The van der Waals surface area contributed by atoms with Crippen LogP contribution in [0.1, 0.15) is 0 Å². The van der Waals surface area contributed by atoms with Crippen molar-refractivity contribution in [3.63, 3.8) is 0 Å². The fraction of sp³-hybridized carbons (Fsp3) is 0. The number of amides is 1. The van der Waals surface area contributed by atoms with Gasteiger partial charge in [-0.1, -0.05) is 0 Å². The third kappa shape index (κ3) is 3.03. The van der Waals surface area contributed by atoms with E-state index in [0.717, 1.165) is 0 Å². The molecule has 0 aliphatic rings. The van der Waals surface area contributed by atoms with Crippen LogP contribution in [0.5, 0.6) is 0 Å². The van der Waals surface area contributed by atoms with E-state index < -0.39 is 5.91 Å². The molecule has 0 rings (SSSR count). The first-order valence-electron chi connectivity index (χ1n) is 1.03. The SMILES string of the molecule is [13CH]#[13C][13C](N)=O. The van der Waals surface area contributed by atoms with Crippen molar-refractivity contribution in [2.45, 2.75) is 0 Å². The van der Waals surface area contributed by atoms with Crippen LogP contribution in [0.2, 0.25) is 0 Å². The molecule has 0 aromatic rings. The van der Waals surface area contributed by atoms with Gasteiger partial charge in [-0.05, 0) is 5.92 Å². The summed E-state index contributed by atoms with van der Waals surface area (Å²) in [6, 6.07) is 0.